The molecule has 3 aromatic rings. The number of hydrogen-bond acceptors (Lipinski definition) is 6. The van der Waals surface area contributed by atoms with E-state index >= 15 is 0 Å². The van der Waals surface area contributed by atoms with E-state index in [-0.39, 0.29) is 11.7 Å². The van der Waals surface area contributed by atoms with Crippen molar-refractivity contribution in [3.05, 3.63) is 87.3 Å². The first-order valence-electron chi connectivity index (χ1n) is 8.11. The van der Waals surface area contributed by atoms with E-state index in [4.69, 9.17) is 4.42 Å². The highest BCUT2D eigenvalue weighted by molar-refractivity contribution is 6.00. The van der Waals surface area contributed by atoms with Crippen LogP contribution in [0.1, 0.15) is 22.6 Å². The number of hydrogen-bond donors (Lipinski definition) is 1. The third kappa shape index (κ3) is 5.08. The van der Waals surface area contributed by atoms with E-state index in [0.717, 1.165) is 11.1 Å². The molecule has 8 nitrogen and oxygen atoms in total. The fourth-order valence-corrected chi connectivity index (χ4v) is 2.32. The minimum Gasteiger partial charge on any atom is -0.407 e. The molecule has 1 amide bonds. The summed E-state index contributed by atoms with van der Waals surface area (Å²) in [7, 11) is 0. The lowest BCUT2D eigenvalue weighted by Crippen LogP contribution is -2.07. The van der Waals surface area contributed by atoms with Crippen LogP contribution in [0.3, 0.4) is 0 Å². The molecule has 0 bridgehead atoms. The maximum atomic E-state index is 12.0. The van der Waals surface area contributed by atoms with Gasteiger partial charge in [0, 0.05) is 18.2 Å². The second-order valence-corrected chi connectivity index (χ2v) is 5.84. The molecule has 2 aromatic carbocycles. The molecule has 0 aliphatic carbocycles. The van der Waals surface area contributed by atoms with E-state index in [1.807, 2.05) is 31.2 Å². The molecule has 0 spiro atoms. The van der Waals surface area contributed by atoms with Gasteiger partial charge in [0.25, 0.3) is 11.6 Å². The number of amides is 1. The van der Waals surface area contributed by atoms with E-state index in [2.05, 4.69) is 15.5 Å². The maximum absolute atomic E-state index is 12.0. The lowest BCUT2D eigenvalue weighted by Gasteiger charge is -1.98. The van der Waals surface area contributed by atoms with Gasteiger partial charge >= 0.3 is 6.01 Å². The molecular formula is C19H16N4O4. The quantitative estimate of drug-likeness (QED) is 0.407. The number of carbonyl (C=O) groups is 1. The Morgan fingerprint density at radius 3 is 2.74 bits per heavy atom. The van der Waals surface area contributed by atoms with Gasteiger partial charge in [-0.25, -0.2) is 0 Å². The van der Waals surface area contributed by atoms with Crippen LogP contribution in [0.5, 0.6) is 0 Å². The van der Waals surface area contributed by atoms with Gasteiger partial charge in [-0.15, -0.1) is 5.10 Å². The molecule has 1 aromatic heterocycles. The smallest absolute Gasteiger partial charge is 0.322 e. The SMILES string of the molecule is Cc1ccc(Cc2nnc(NC(=O)/C=C/c3cccc([N+](=O)[O-])c3)o2)cc1. The van der Waals surface area contributed by atoms with Crippen LogP contribution >= 0.6 is 0 Å². The number of rotatable bonds is 6. The molecule has 0 aliphatic heterocycles. The molecular weight excluding hydrogens is 348 g/mol. The van der Waals surface area contributed by atoms with Crippen molar-refractivity contribution in [1.29, 1.82) is 0 Å². The zero-order valence-electron chi connectivity index (χ0n) is 14.5. The number of anilines is 1. The first kappa shape index (κ1) is 18.0. The van der Waals surface area contributed by atoms with E-state index in [9.17, 15) is 14.9 Å². The van der Waals surface area contributed by atoms with E-state index in [1.54, 1.807) is 12.1 Å². The Morgan fingerprint density at radius 1 is 1.22 bits per heavy atom. The van der Waals surface area contributed by atoms with Crippen LogP contribution in [0.25, 0.3) is 6.08 Å². The van der Waals surface area contributed by atoms with E-state index in [1.165, 1.54) is 24.3 Å². The molecule has 8 heteroatoms. The summed E-state index contributed by atoms with van der Waals surface area (Å²) in [5.41, 5.74) is 2.67. The van der Waals surface area contributed by atoms with Gasteiger partial charge in [0.15, 0.2) is 0 Å². The van der Waals surface area contributed by atoms with Crippen LogP contribution in [0.15, 0.2) is 59.0 Å². The number of nitrogens with zero attached hydrogens (tertiary/aromatic N) is 3. The molecule has 136 valence electrons. The summed E-state index contributed by atoms with van der Waals surface area (Å²) < 4.78 is 5.41. The van der Waals surface area contributed by atoms with Crippen molar-refractivity contribution in [1.82, 2.24) is 10.2 Å². The minimum absolute atomic E-state index is 0.00851. The lowest BCUT2D eigenvalue weighted by atomic mass is 10.1. The van der Waals surface area contributed by atoms with Crippen LogP contribution < -0.4 is 5.32 Å². The fourth-order valence-electron chi connectivity index (χ4n) is 2.32. The summed E-state index contributed by atoms with van der Waals surface area (Å²) in [5, 5.41) is 20.9. The van der Waals surface area contributed by atoms with Crippen molar-refractivity contribution in [3.63, 3.8) is 0 Å². The number of nitro benzene ring substituents is 1. The predicted molar refractivity (Wildman–Crippen MR) is 99.0 cm³/mol. The van der Waals surface area contributed by atoms with Crippen LogP contribution in [-0.4, -0.2) is 21.0 Å². The van der Waals surface area contributed by atoms with Gasteiger partial charge in [0.1, 0.15) is 0 Å². The molecule has 0 unspecified atom stereocenters. The summed E-state index contributed by atoms with van der Waals surface area (Å²) in [4.78, 5) is 22.2. The molecule has 0 fully saturated rings. The number of nitro groups is 1. The standard InChI is InChI=1S/C19H16N4O4/c1-13-5-7-15(8-6-13)12-18-21-22-19(27-18)20-17(24)10-9-14-3-2-4-16(11-14)23(25)26/h2-11H,12H2,1H3,(H,20,22,24)/b10-9+. The average molecular weight is 364 g/mol. The third-order valence-electron chi connectivity index (χ3n) is 3.68. The Morgan fingerprint density at radius 2 is 2.00 bits per heavy atom. The van der Waals surface area contributed by atoms with Crippen molar-refractivity contribution in [2.75, 3.05) is 5.32 Å². The van der Waals surface area contributed by atoms with E-state index in [0.29, 0.717) is 17.9 Å². The second kappa shape index (κ2) is 8.05. The monoisotopic (exact) mass is 364 g/mol. The molecule has 0 saturated carbocycles. The Bertz CT molecular complexity index is 993. The number of aryl methyl sites for hydroxylation is 1. The highest BCUT2D eigenvalue weighted by Gasteiger charge is 2.09. The second-order valence-electron chi connectivity index (χ2n) is 5.84. The highest BCUT2D eigenvalue weighted by Crippen LogP contribution is 2.15. The molecule has 0 atom stereocenters. The molecule has 3 rings (SSSR count). The van der Waals surface area contributed by atoms with Crippen molar-refractivity contribution in [2.24, 2.45) is 0 Å². The van der Waals surface area contributed by atoms with Crippen molar-refractivity contribution >= 4 is 23.7 Å². The first-order valence-corrected chi connectivity index (χ1v) is 8.11. The van der Waals surface area contributed by atoms with Gasteiger partial charge in [-0.1, -0.05) is 47.1 Å². The Kier molecular flexibility index (Phi) is 5.36. The number of nitrogens with one attached hydrogen (secondary N) is 1. The van der Waals surface area contributed by atoms with Crippen LogP contribution in [0.4, 0.5) is 11.7 Å². The Hall–Kier alpha value is -3.81. The normalized spacial score (nSPS) is 10.9. The van der Waals surface area contributed by atoms with Gasteiger partial charge in [0.2, 0.25) is 5.89 Å². The Labute approximate surface area is 154 Å². The summed E-state index contributed by atoms with van der Waals surface area (Å²) in [5.74, 6) is -0.0936. The molecule has 27 heavy (non-hydrogen) atoms. The Balaban J connectivity index is 1.59. The average Bonchev–Trinajstić information content (AvgIpc) is 3.09. The zero-order chi connectivity index (χ0) is 19.2. The number of benzene rings is 2. The minimum atomic E-state index is -0.495. The zero-order valence-corrected chi connectivity index (χ0v) is 14.5. The van der Waals surface area contributed by atoms with Gasteiger partial charge in [-0.05, 0) is 24.1 Å². The van der Waals surface area contributed by atoms with Gasteiger partial charge in [0.05, 0.1) is 11.3 Å². The van der Waals surface area contributed by atoms with Gasteiger partial charge in [-0.3, -0.25) is 20.2 Å². The largest absolute Gasteiger partial charge is 0.407 e. The number of carbonyl (C=O) groups excluding carboxylic acids is 1. The molecule has 1 heterocycles. The van der Waals surface area contributed by atoms with E-state index < -0.39 is 10.8 Å². The van der Waals surface area contributed by atoms with Crippen molar-refractivity contribution in [2.45, 2.75) is 13.3 Å². The van der Waals surface area contributed by atoms with Gasteiger partial charge < -0.3 is 4.42 Å². The summed E-state index contributed by atoms with van der Waals surface area (Å²) in [6, 6.07) is 13.9. The summed E-state index contributed by atoms with van der Waals surface area (Å²) in [6.07, 6.45) is 3.17. The van der Waals surface area contributed by atoms with Crippen molar-refractivity contribution < 1.29 is 14.1 Å². The lowest BCUT2D eigenvalue weighted by molar-refractivity contribution is -0.384. The first-order chi connectivity index (χ1) is 13.0. The highest BCUT2D eigenvalue weighted by atomic mass is 16.6. The topological polar surface area (TPSA) is 111 Å². The predicted octanol–water partition coefficient (Wildman–Crippen LogP) is 3.53. The molecule has 0 aliphatic rings. The van der Waals surface area contributed by atoms with Crippen LogP contribution in [0, 0.1) is 17.0 Å². The fraction of sp³-hybridized carbons (Fsp3) is 0.105. The molecule has 0 radical (unpaired) electrons. The van der Waals surface area contributed by atoms with Gasteiger partial charge in [-0.2, -0.15) is 0 Å². The third-order valence-corrected chi connectivity index (χ3v) is 3.68. The summed E-state index contributed by atoms with van der Waals surface area (Å²) >= 11 is 0. The van der Waals surface area contributed by atoms with Crippen molar-refractivity contribution in [3.8, 4) is 0 Å². The molecule has 1 N–H and O–H groups in total. The van der Waals surface area contributed by atoms with Crippen LogP contribution in [-0.2, 0) is 11.2 Å². The number of aromatic nitrogens is 2. The number of non-ortho nitro benzene ring substituents is 1. The van der Waals surface area contributed by atoms with Crippen LogP contribution in [0.2, 0.25) is 0 Å². The summed E-state index contributed by atoms with van der Waals surface area (Å²) in [6.45, 7) is 2.01. The molecule has 0 saturated heterocycles. The maximum Gasteiger partial charge on any atom is 0.322 e.